The summed E-state index contributed by atoms with van der Waals surface area (Å²) in [5.74, 6) is -1.24. The van der Waals surface area contributed by atoms with Crippen molar-refractivity contribution in [3.63, 3.8) is 0 Å². The van der Waals surface area contributed by atoms with Crippen LogP contribution in [0, 0.1) is 6.92 Å². The van der Waals surface area contributed by atoms with Gasteiger partial charge >= 0.3 is 5.97 Å². The molecule has 0 saturated carbocycles. The van der Waals surface area contributed by atoms with Gasteiger partial charge < -0.3 is 14.6 Å². The monoisotopic (exact) mass is 442 g/mol. The Kier molecular flexibility index (Phi) is 6.54. The van der Waals surface area contributed by atoms with E-state index >= 15 is 0 Å². The molecule has 1 aromatic heterocycles. The van der Waals surface area contributed by atoms with Gasteiger partial charge in [-0.05, 0) is 49.6 Å². The number of carboxylic acid groups (broad SMARTS) is 1. The standard InChI is InChI=1S/C27H26N2O4/c1-19-11-13-21(14-12-19)25(30)23-9-4-16-28(23)15-3-7-20-6-2-8-22(18-20)26(31)29-17-5-10-24(29)27(32)33/h2-4,6-9,11-14,16,18,24H,5,10,15,17H2,1H3,(H,32,33)/b7-3+/t24-/m1/s1. The minimum atomic E-state index is -0.959. The maximum absolute atomic E-state index is 12.9. The first-order chi connectivity index (χ1) is 15.9. The number of carbonyl (C=O) groups excluding carboxylic acids is 2. The van der Waals surface area contributed by atoms with E-state index in [2.05, 4.69) is 0 Å². The minimum absolute atomic E-state index is 0.0282. The molecule has 6 nitrogen and oxygen atoms in total. The van der Waals surface area contributed by atoms with Crippen LogP contribution in [0.4, 0.5) is 0 Å². The molecular weight excluding hydrogens is 416 g/mol. The van der Waals surface area contributed by atoms with Crippen molar-refractivity contribution in [2.24, 2.45) is 0 Å². The molecule has 0 spiro atoms. The number of ketones is 1. The Labute approximate surface area is 192 Å². The van der Waals surface area contributed by atoms with Gasteiger partial charge in [0.05, 0.1) is 5.69 Å². The third kappa shape index (κ3) is 4.95. The van der Waals surface area contributed by atoms with Crippen LogP contribution in [-0.4, -0.2) is 44.8 Å². The average Bonchev–Trinajstić information content (AvgIpc) is 3.49. The Balaban J connectivity index is 1.45. The maximum Gasteiger partial charge on any atom is 0.326 e. The van der Waals surface area contributed by atoms with Gasteiger partial charge in [-0.15, -0.1) is 0 Å². The van der Waals surface area contributed by atoms with Crippen LogP contribution in [0.1, 0.15) is 50.4 Å². The van der Waals surface area contributed by atoms with Crippen LogP contribution >= 0.6 is 0 Å². The van der Waals surface area contributed by atoms with E-state index in [1.165, 1.54) is 4.90 Å². The molecule has 1 aliphatic rings. The smallest absolute Gasteiger partial charge is 0.326 e. The van der Waals surface area contributed by atoms with E-state index in [1.54, 1.807) is 18.2 Å². The second kappa shape index (κ2) is 9.69. The molecule has 0 bridgehead atoms. The molecular formula is C27H26N2O4. The Morgan fingerprint density at radius 1 is 1.03 bits per heavy atom. The highest BCUT2D eigenvalue weighted by atomic mass is 16.4. The summed E-state index contributed by atoms with van der Waals surface area (Å²) in [5, 5.41) is 9.36. The molecule has 2 aromatic carbocycles. The summed E-state index contributed by atoms with van der Waals surface area (Å²) in [7, 11) is 0. The predicted octanol–water partition coefficient (Wildman–Crippen LogP) is 4.43. The van der Waals surface area contributed by atoms with Crippen LogP contribution < -0.4 is 0 Å². The van der Waals surface area contributed by atoms with Crippen molar-refractivity contribution in [3.05, 3.63) is 101 Å². The summed E-state index contributed by atoms with van der Waals surface area (Å²) in [6.07, 6.45) is 6.89. The Hall–Kier alpha value is -3.93. The van der Waals surface area contributed by atoms with Gasteiger partial charge in [-0.2, -0.15) is 0 Å². The Morgan fingerprint density at radius 3 is 2.58 bits per heavy atom. The fraction of sp³-hybridized carbons (Fsp3) is 0.222. The highest BCUT2D eigenvalue weighted by molar-refractivity contribution is 6.08. The third-order valence-corrected chi connectivity index (χ3v) is 5.92. The molecule has 0 radical (unpaired) electrons. The first-order valence-corrected chi connectivity index (χ1v) is 11.0. The van der Waals surface area contributed by atoms with Crippen molar-refractivity contribution in [2.75, 3.05) is 6.54 Å². The molecule has 168 valence electrons. The fourth-order valence-electron chi connectivity index (χ4n) is 4.14. The summed E-state index contributed by atoms with van der Waals surface area (Å²) < 4.78 is 1.88. The Bertz CT molecular complexity index is 1210. The van der Waals surface area contributed by atoms with E-state index in [4.69, 9.17) is 0 Å². The van der Waals surface area contributed by atoms with Crippen LogP contribution in [0.2, 0.25) is 0 Å². The number of nitrogens with zero attached hydrogens (tertiary/aromatic N) is 2. The predicted molar refractivity (Wildman–Crippen MR) is 126 cm³/mol. The highest BCUT2D eigenvalue weighted by Gasteiger charge is 2.34. The van der Waals surface area contributed by atoms with E-state index < -0.39 is 12.0 Å². The zero-order chi connectivity index (χ0) is 23.4. The molecule has 6 heteroatoms. The van der Waals surface area contributed by atoms with Crippen LogP contribution in [0.3, 0.4) is 0 Å². The number of amides is 1. The van der Waals surface area contributed by atoms with Crippen LogP contribution in [0.5, 0.6) is 0 Å². The number of allylic oxidation sites excluding steroid dienone is 1. The number of carboxylic acids is 1. The highest BCUT2D eigenvalue weighted by Crippen LogP contribution is 2.21. The van der Waals surface area contributed by atoms with Crippen molar-refractivity contribution < 1.29 is 19.5 Å². The largest absolute Gasteiger partial charge is 0.480 e. The number of hydrogen-bond donors (Lipinski definition) is 1. The van der Waals surface area contributed by atoms with Crippen LogP contribution in [0.25, 0.3) is 6.08 Å². The lowest BCUT2D eigenvalue weighted by molar-refractivity contribution is -0.141. The van der Waals surface area contributed by atoms with Gasteiger partial charge in [0.2, 0.25) is 5.78 Å². The molecule has 1 N–H and O–H groups in total. The molecule has 1 saturated heterocycles. The van der Waals surface area contributed by atoms with E-state index in [0.717, 1.165) is 11.1 Å². The fourth-order valence-corrected chi connectivity index (χ4v) is 4.14. The number of aryl methyl sites for hydroxylation is 1. The van der Waals surface area contributed by atoms with Gasteiger partial charge in [0, 0.05) is 30.4 Å². The molecule has 1 amide bonds. The third-order valence-electron chi connectivity index (χ3n) is 5.92. The number of benzene rings is 2. The molecule has 1 atom stereocenters. The van der Waals surface area contributed by atoms with Crippen LogP contribution in [0.15, 0.2) is 72.9 Å². The lowest BCUT2D eigenvalue weighted by Crippen LogP contribution is -2.40. The molecule has 3 aromatic rings. The molecule has 2 heterocycles. The van der Waals surface area contributed by atoms with Gasteiger partial charge in [-0.25, -0.2) is 4.79 Å². The van der Waals surface area contributed by atoms with E-state index in [0.29, 0.717) is 42.8 Å². The second-order valence-corrected chi connectivity index (χ2v) is 8.26. The number of carbonyl (C=O) groups is 3. The van der Waals surface area contributed by atoms with Crippen molar-refractivity contribution >= 4 is 23.7 Å². The van der Waals surface area contributed by atoms with Gasteiger partial charge in [-0.1, -0.05) is 54.1 Å². The maximum atomic E-state index is 12.9. The lowest BCUT2D eigenvalue weighted by atomic mass is 10.1. The number of aromatic nitrogens is 1. The average molecular weight is 443 g/mol. The van der Waals surface area contributed by atoms with E-state index in [9.17, 15) is 19.5 Å². The summed E-state index contributed by atoms with van der Waals surface area (Å²) in [5.41, 5.74) is 3.68. The zero-order valence-corrected chi connectivity index (χ0v) is 18.5. The SMILES string of the molecule is Cc1ccc(C(=O)c2cccn2C/C=C/c2cccc(C(=O)N3CCC[C@@H]3C(=O)O)c2)cc1. The second-order valence-electron chi connectivity index (χ2n) is 8.26. The zero-order valence-electron chi connectivity index (χ0n) is 18.5. The summed E-state index contributed by atoms with van der Waals surface area (Å²) in [6, 6.07) is 17.6. The van der Waals surface area contributed by atoms with Crippen molar-refractivity contribution in [1.29, 1.82) is 0 Å². The molecule has 0 unspecified atom stereocenters. The number of aliphatic carboxylic acids is 1. The topological polar surface area (TPSA) is 79.6 Å². The lowest BCUT2D eigenvalue weighted by Gasteiger charge is -2.21. The molecule has 1 fully saturated rings. The molecule has 33 heavy (non-hydrogen) atoms. The van der Waals surface area contributed by atoms with Crippen molar-refractivity contribution in [1.82, 2.24) is 9.47 Å². The number of rotatable bonds is 7. The van der Waals surface area contributed by atoms with Crippen molar-refractivity contribution in [2.45, 2.75) is 32.4 Å². The van der Waals surface area contributed by atoms with Gasteiger partial charge in [0.25, 0.3) is 5.91 Å². The van der Waals surface area contributed by atoms with Crippen LogP contribution in [-0.2, 0) is 11.3 Å². The van der Waals surface area contributed by atoms with E-state index in [-0.39, 0.29) is 11.7 Å². The summed E-state index contributed by atoms with van der Waals surface area (Å²) >= 11 is 0. The first kappa shape index (κ1) is 22.3. The van der Waals surface area contributed by atoms with E-state index in [1.807, 2.05) is 72.3 Å². The first-order valence-electron chi connectivity index (χ1n) is 11.0. The quantitative estimate of drug-likeness (QED) is 0.549. The summed E-state index contributed by atoms with van der Waals surface area (Å²) in [6.45, 7) is 2.95. The van der Waals surface area contributed by atoms with Gasteiger partial charge in [0.1, 0.15) is 6.04 Å². The minimum Gasteiger partial charge on any atom is -0.480 e. The molecule has 0 aliphatic carbocycles. The normalized spacial score (nSPS) is 15.8. The Morgan fingerprint density at radius 2 is 1.82 bits per heavy atom. The molecule has 1 aliphatic heterocycles. The van der Waals surface area contributed by atoms with Crippen molar-refractivity contribution in [3.8, 4) is 0 Å². The number of hydrogen-bond acceptors (Lipinski definition) is 3. The van der Waals surface area contributed by atoms with Gasteiger partial charge in [0.15, 0.2) is 0 Å². The summed E-state index contributed by atoms with van der Waals surface area (Å²) in [4.78, 5) is 38.6. The number of likely N-dealkylation sites (tertiary alicyclic amines) is 1. The van der Waals surface area contributed by atoms with Gasteiger partial charge in [-0.3, -0.25) is 9.59 Å². The molecule has 4 rings (SSSR count).